The van der Waals surface area contributed by atoms with Gasteiger partial charge in [0, 0.05) is 33.9 Å². The molecule has 0 bridgehead atoms. The molecule has 0 fully saturated rings. The molecule has 10 rings (SSSR count). The number of benzene rings is 9. The minimum atomic E-state index is -0.0580. The SMILES string of the molecule is CC1(C)c2ccccc2N(c2ccc(-c3cccc(-c4ccc(N(c5ccc(-c6ccccc6)cc5)c5ccc(-c6ccccc6)cc5)cc4)c3)cc2)C1c1ccccc1. The summed E-state index contributed by atoms with van der Waals surface area (Å²) in [6, 6.07) is 85.9. The van der Waals surface area contributed by atoms with Crippen molar-refractivity contribution < 1.29 is 0 Å². The smallest absolute Gasteiger partial charge is 0.0683 e. The normalized spacial score (nSPS) is 14.1. The fourth-order valence-electron chi connectivity index (χ4n) is 9.14. The van der Waals surface area contributed by atoms with E-state index >= 15 is 0 Å². The van der Waals surface area contributed by atoms with E-state index in [9.17, 15) is 0 Å². The summed E-state index contributed by atoms with van der Waals surface area (Å²) in [4.78, 5) is 4.87. The van der Waals surface area contributed by atoms with Gasteiger partial charge in [-0.05, 0) is 116 Å². The molecular weight excluding hydrogens is 725 g/mol. The van der Waals surface area contributed by atoms with E-state index in [0.717, 1.165) is 17.1 Å². The largest absolute Gasteiger partial charge is 0.333 e. The van der Waals surface area contributed by atoms with Crippen LogP contribution in [0.2, 0.25) is 0 Å². The number of fused-ring (bicyclic) bond motifs is 1. The summed E-state index contributed by atoms with van der Waals surface area (Å²) in [5, 5.41) is 0. The van der Waals surface area contributed by atoms with Gasteiger partial charge in [-0.25, -0.2) is 0 Å². The summed E-state index contributed by atoms with van der Waals surface area (Å²) in [7, 11) is 0. The number of hydrogen-bond donors (Lipinski definition) is 0. The Kier molecular flexibility index (Phi) is 9.67. The highest BCUT2D eigenvalue weighted by atomic mass is 15.2. The van der Waals surface area contributed by atoms with Crippen LogP contribution >= 0.6 is 0 Å². The molecule has 0 radical (unpaired) electrons. The molecule has 2 nitrogen and oxygen atoms in total. The van der Waals surface area contributed by atoms with Gasteiger partial charge in [0.1, 0.15) is 0 Å². The molecule has 1 aliphatic heterocycles. The summed E-state index contributed by atoms with van der Waals surface area (Å²) >= 11 is 0. The van der Waals surface area contributed by atoms with Crippen LogP contribution in [0.5, 0.6) is 0 Å². The van der Waals surface area contributed by atoms with E-state index in [1.165, 1.54) is 67.0 Å². The first-order chi connectivity index (χ1) is 29.5. The molecule has 1 heterocycles. The lowest BCUT2D eigenvalue weighted by atomic mass is 9.77. The van der Waals surface area contributed by atoms with Crippen LogP contribution in [0.3, 0.4) is 0 Å². The first-order valence-corrected chi connectivity index (χ1v) is 20.9. The Balaban J connectivity index is 0.946. The average molecular weight is 771 g/mol. The zero-order valence-corrected chi connectivity index (χ0v) is 34.0. The van der Waals surface area contributed by atoms with Gasteiger partial charge < -0.3 is 9.80 Å². The van der Waals surface area contributed by atoms with Gasteiger partial charge in [-0.15, -0.1) is 0 Å². The second kappa shape index (κ2) is 15.7. The third-order valence-corrected chi connectivity index (χ3v) is 12.2. The maximum Gasteiger partial charge on any atom is 0.0683 e. The molecule has 0 aliphatic carbocycles. The van der Waals surface area contributed by atoms with Crippen LogP contribution in [0.4, 0.5) is 28.4 Å². The van der Waals surface area contributed by atoms with Crippen LogP contribution in [0.25, 0.3) is 44.5 Å². The maximum absolute atomic E-state index is 2.53. The third-order valence-electron chi connectivity index (χ3n) is 12.2. The summed E-state index contributed by atoms with van der Waals surface area (Å²) in [5.74, 6) is 0. The van der Waals surface area contributed by atoms with Crippen LogP contribution < -0.4 is 9.80 Å². The fraction of sp³-hybridized carbons (Fsp3) is 0.0690. The second-order valence-electron chi connectivity index (χ2n) is 16.3. The first kappa shape index (κ1) is 36.9. The fourth-order valence-corrected chi connectivity index (χ4v) is 9.14. The molecule has 0 spiro atoms. The van der Waals surface area contributed by atoms with E-state index in [4.69, 9.17) is 0 Å². The van der Waals surface area contributed by atoms with Crippen LogP contribution in [-0.2, 0) is 5.41 Å². The minimum Gasteiger partial charge on any atom is -0.333 e. The van der Waals surface area contributed by atoms with Crippen LogP contribution in [0, 0.1) is 0 Å². The van der Waals surface area contributed by atoms with Gasteiger partial charge >= 0.3 is 0 Å². The Morgan fingerprint density at radius 2 is 0.717 bits per heavy atom. The monoisotopic (exact) mass is 770 g/mol. The molecule has 1 unspecified atom stereocenters. The highest BCUT2D eigenvalue weighted by Gasteiger charge is 2.45. The lowest BCUT2D eigenvalue weighted by Crippen LogP contribution is -2.30. The van der Waals surface area contributed by atoms with Crippen LogP contribution in [0.1, 0.15) is 31.0 Å². The minimum absolute atomic E-state index is 0.0580. The summed E-state index contributed by atoms with van der Waals surface area (Å²) < 4.78 is 0. The van der Waals surface area contributed by atoms with Gasteiger partial charge in [-0.2, -0.15) is 0 Å². The molecule has 0 amide bonds. The molecule has 60 heavy (non-hydrogen) atoms. The molecule has 0 N–H and O–H groups in total. The molecule has 9 aromatic carbocycles. The Hall–Kier alpha value is -7.42. The maximum atomic E-state index is 2.53. The van der Waals surface area contributed by atoms with Gasteiger partial charge in [-0.3, -0.25) is 0 Å². The number of para-hydroxylation sites is 1. The highest BCUT2D eigenvalue weighted by molar-refractivity contribution is 5.83. The quantitative estimate of drug-likeness (QED) is 0.144. The molecule has 1 atom stereocenters. The third kappa shape index (κ3) is 6.97. The van der Waals surface area contributed by atoms with Crippen molar-refractivity contribution in [3.8, 4) is 44.5 Å². The van der Waals surface area contributed by atoms with E-state index in [1.807, 2.05) is 0 Å². The molecule has 9 aromatic rings. The van der Waals surface area contributed by atoms with Gasteiger partial charge in [-0.1, -0.05) is 190 Å². The van der Waals surface area contributed by atoms with Gasteiger partial charge in [0.15, 0.2) is 0 Å². The number of hydrogen-bond acceptors (Lipinski definition) is 2. The van der Waals surface area contributed by atoms with Crippen LogP contribution in [-0.4, -0.2) is 0 Å². The van der Waals surface area contributed by atoms with Crippen molar-refractivity contribution in [2.24, 2.45) is 0 Å². The Morgan fingerprint density at radius 3 is 1.20 bits per heavy atom. The summed E-state index contributed by atoms with van der Waals surface area (Å²) in [5.41, 5.74) is 18.0. The number of nitrogens with zero attached hydrogens (tertiary/aromatic N) is 2. The average Bonchev–Trinajstić information content (AvgIpc) is 3.57. The van der Waals surface area contributed by atoms with Crippen molar-refractivity contribution in [3.63, 3.8) is 0 Å². The van der Waals surface area contributed by atoms with Gasteiger partial charge in [0.2, 0.25) is 0 Å². The highest BCUT2D eigenvalue weighted by Crippen LogP contribution is 2.55. The zero-order chi connectivity index (χ0) is 40.5. The Labute approximate surface area is 354 Å². The molecular formula is C58H46N2. The van der Waals surface area contributed by atoms with E-state index in [-0.39, 0.29) is 11.5 Å². The van der Waals surface area contributed by atoms with Crippen molar-refractivity contribution in [1.82, 2.24) is 0 Å². The topological polar surface area (TPSA) is 6.48 Å². The second-order valence-corrected chi connectivity index (χ2v) is 16.3. The van der Waals surface area contributed by atoms with Crippen molar-refractivity contribution >= 4 is 28.4 Å². The number of rotatable bonds is 9. The van der Waals surface area contributed by atoms with E-state index in [0.29, 0.717) is 0 Å². The summed E-state index contributed by atoms with van der Waals surface area (Å²) in [6.07, 6.45) is 0. The molecule has 0 saturated heterocycles. The first-order valence-electron chi connectivity index (χ1n) is 20.9. The van der Waals surface area contributed by atoms with Crippen molar-refractivity contribution in [3.05, 3.63) is 248 Å². The molecule has 1 aliphatic rings. The van der Waals surface area contributed by atoms with E-state index in [2.05, 4.69) is 260 Å². The Bertz CT molecular complexity index is 2760. The summed E-state index contributed by atoms with van der Waals surface area (Å²) in [6.45, 7) is 4.75. The van der Waals surface area contributed by atoms with E-state index in [1.54, 1.807) is 0 Å². The van der Waals surface area contributed by atoms with Crippen molar-refractivity contribution in [2.45, 2.75) is 25.3 Å². The molecule has 0 saturated carbocycles. The van der Waals surface area contributed by atoms with E-state index < -0.39 is 0 Å². The van der Waals surface area contributed by atoms with Crippen molar-refractivity contribution in [2.75, 3.05) is 9.80 Å². The molecule has 2 heteroatoms. The van der Waals surface area contributed by atoms with Crippen molar-refractivity contribution in [1.29, 1.82) is 0 Å². The standard InChI is InChI=1S/C58H46N2/c1-58(2)55-23-12-13-24-56(55)60(57(58)48-19-10-5-11-20-48)54-39-31-47(32-40-54)50-22-14-21-49(41-50)46-29-37-53(38-30-46)59(51-33-25-44(26-34-51)42-15-6-3-7-16-42)52-35-27-45(28-36-52)43-17-8-4-9-18-43/h3-41,57H,1-2H3. The van der Waals surface area contributed by atoms with Gasteiger partial charge in [0.05, 0.1) is 6.04 Å². The number of anilines is 5. The van der Waals surface area contributed by atoms with Crippen LogP contribution in [0.15, 0.2) is 237 Å². The molecule has 0 aromatic heterocycles. The van der Waals surface area contributed by atoms with Gasteiger partial charge in [0.25, 0.3) is 0 Å². The zero-order valence-electron chi connectivity index (χ0n) is 34.0. The lowest BCUT2D eigenvalue weighted by molar-refractivity contribution is 0.449. The Morgan fingerprint density at radius 1 is 0.350 bits per heavy atom. The predicted octanol–water partition coefficient (Wildman–Crippen LogP) is 16.0. The lowest BCUT2D eigenvalue weighted by Gasteiger charge is -2.35. The predicted molar refractivity (Wildman–Crippen MR) is 254 cm³/mol. The molecule has 288 valence electrons.